The van der Waals surface area contributed by atoms with Gasteiger partial charge in [-0.15, -0.1) is 0 Å². The van der Waals surface area contributed by atoms with Crippen molar-refractivity contribution in [3.8, 4) is 0 Å². The topological polar surface area (TPSA) is 70.0 Å². The lowest BCUT2D eigenvalue weighted by atomic mass is 9.78. The van der Waals surface area contributed by atoms with Crippen molar-refractivity contribution < 1.29 is 19.8 Å². The summed E-state index contributed by atoms with van der Waals surface area (Å²) in [7, 11) is 0. The normalized spacial score (nSPS) is 36.1. The Kier molecular flexibility index (Phi) is 2.36. The van der Waals surface area contributed by atoms with Crippen LogP contribution >= 0.6 is 0 Å². The largest absolute Gasteiger partial charge is 0.463 e. The lowest BCUT2D eigenvalue weighted by molar-refractivity contribution is -0.302. The second-order valence-corrected chi connectivity index (χ2v) is 4.09. The second-order valence-electron chi connectivity index (χ2n) is 4.09. The zero-order valence-corrected chi connectivity index (χ0v) is 7.98. The molecule has 3 aliphatic rings. The Morgan fingerprint density at radius 1 is 1.50 bits per heavy atom. The molecule has 0 aromatic carbocycles. The third-order valence-corrected chi connectivity index (χ3v) is 3.25. The van der Waals surface area contributed by atoms with E-state index in [1.807, 2.05) is 0 Å². The SMILES string of the molecule is O=C(O)N1OC2(CCO)CCC1CC2. The highest BCUT2D eigenvalue weighted by Crippen LogP contribution is 2.42. The van der Waals surface area contributed by atoms with E-state index < -0.39 is 11.7 Å². The number of rotatable bonds is 2. The van der Waals surface area contributed by atoms with E-state index in [9.17, 15) is 4.79 Å². The van der Waals surface area contributed by atoms with Gasteiger partial charge in [0.05, 0.1) is 11.6 Å². The van der Waals surface area contributed by atoms with Crippen molar-refractivity contribution in [1.29, 1.82) is 0 Å². The van der Waals surface area contributed by atoms with Gasteiger partial charge in [-0.3, -0.25) is 4.84 Å². The van der Waals surface area contributed by atoms with Gasteiger partial charge in [0.2, 0.25) is 0 Å². The smallest absolute Gasteiger partial charge is 0.431 e. The van der Waals surface area contributed by atoms with Gasteiger partial charge >= 0.3 is 6.09 Å². The van der Waals surface area contributed by atoms with Crippen LogP contribution in [0.4, 0.5) is 4.79 Å². The van der Waals surface area contributed by atoms with E-state index in [2.05, 4.69) is 0 Å². The number of hydrogen-bond donors (Lipinski definition) is 2. The summed E-state index contributed by atoms with van der Waals surface area (Å²) in [5.41, 5.74) is -0.415. The first-order valence-corrected chi connectivity index (χ1v) is 4.99. The predicted molar refractivity (Wildman–Crippen MR) is 47.6 cm³/mol. The highest BCUT2D eigenvalue weighted by Gasteiger charge is 2.47. The summed E-state index contributed by atoms with van der Waals surface area (Å²) >= 11 is 0. The molecule has 0 aromatic heterocycles. The molecule has 2 N–H and O–H groups in total. The van der Waals surface area contributed by atoms with Crippen molar-refractivity contribution in [2.45, 2.75) is 43.7 Å². The minimum absolute atomic E-state index is 0.0214. The molecule has 2 heterocycles. The van der Waals surface area contributed by atoms with Crippen molar-refractivity contribution in [2.24, 2.45) is 0 Å². The van der Waals surface area contributed by atoms with Gasteiger partial charge in [-0.25, -0.2) is 4.79 Å². The number of hydroxylamine groups is 2. The number of carboxylic acid groups (broad SMARTS) is 1. The Balaban J connectivity index is 2.11. The van der Waals surface area contributed by atoms with Crippen LogP contribution in [0.3, 0.4) is 0 Å². The van der Waals surface area contributed by atoms with E-state index >= 15 is 0 Å². The molecule has 0 aromatic rings. The molecule has 0 unspecified atom stereocenters. The highest BCUT2D eigenvalue weighted by atomic mass is 16.7. The van der Waals surface area contributed by atoms with Crippen LogP contribution in [0, 0.1) is 0 Å². The van der Waals surface area contributed by atoms with Gasteiger partial charge in [0, 0.05) is 13.0 Å². The van der Waals surface area contributed by atoms with Gasteiger partial charge < -0.3 is 10.2 Å². The number of hydrogen-bond acceptors (Lipinski definition) is 3. The summed E-state index contributed by atoms with van der Waals surface area (Å²) in [5, 5.41) is 18.9. The van der Waals surface area contributed by atoms with E-state index in [-0.39, 0.29) is 12.6 Å². The minimum Gasteiger partial charge on any atom is -0.463 e. The van der Waals surface area contributed by atoms with E-state index in [4.69, 9.17) is 15.1 Å². The molecule has 1 aliphatic carbocycles. The summed E-state index contributed by atoms with van der Waals surface area (Å²) in [4.78, 5) is 16.3. The van der Waals surface area contributed by atoms with E-state index in [1.165, 1.54) is 0 Å². The highest BCUT2D eigenvalue weighted by molar-refractivity contribution is 5.64. The molecule has 5 heteroatoms. The van der Waals surface area contributed by atoms with Crippen LogP contribution in [0.25, 0.3) is 0 Å². The minimum atomic E-state index is -1.02. The maximum Gasteiger partial charge on any atom is 0.431 e. The molecular weight excluding hydrogens is 186 g/mol. The Morgan fingerprint density at radius 3 is 2.64 bits per heavy atom. The van der Waals surface area contributed by atoms with Gasteiger partial charge in [-0.05, 0) is 25.7 Å². The molecule has 3 rings (SSSR count). The molecule has 5 nitrogen and oxygen atoms in total. The summed E-state index contributed by atoms with van der Waals surface area (Å²) in [5.74, 6) is 0. The quantitative estimate of drug-likeness (QED) is 0.698. The molecule has 2 aliphatic heterocycles. The van der Waals surface area contributed by atoms with Gasteiger partial charge in [0.1, 0.15) is 0 Å². The molecule has 80 valence electrons. The molecule has 14 heavy (non-hydrogen) atoms. The first kappa shape index (κ1) is 9.73. The van der Waals surface area contributed by atoms with Crippen LogP contribution in [-0.2, 0) is 4.84 Å². The summed E-state index contributed by atoms with van der Waals surface area (Å²) < 4.78 is 0. The van der Waals surface area contributed by atoms with Gasteiger partial charge in [0.15, 0.2) is 0 Å². The van der Waals surface area contributed by atoms with Gasteiger partial charge in [-0.1, -0.05) is 0 Å². The van der Waals surface area contributed by atoms with Crippen LogP contribution in [-0.4, -0.2) is 39.6 Å². The van der Waals surface area contributed by atoms with Crippen LogP contribution in [0.15, 0.2) is 0 Å². The lowest BCUT2D eigenvalue weighted by Crippen LogP contribution is -2.57. The first-order chi connectivity index (χ1) is 6.67. The van der Waals surface area contributed by atoms with E-state index in [1.54, 1.807) is 0 Å². The van der Waals surface area contributed by atoms with Crippen LogP contribution in [0.5, 0.6) is 0 Å². The number of amides is 1. The van der Waals surface area contributed by atoms with Crippen molar-refractivity contribution in [3.63, 3.8) is 0 Å². The molecular formula is C9H15NO4. The number of nitrogens with zero attached hydrogens (tertiary/aromatic N) is 1. The molecule has 2 saturated heterocycles. The fourth-order valence-corrected chi connectivity index (χ4v) is 2.43. The number of aliphatic hydroxyl groups is 1. The number of aliphatic hydroxyl groups excluding tert-OH is 1. The average Bonchev–Trinajstić information content (AvgIpc) is 2.19. The van der Waals surface area contributed by atoms with Crippen LogP contribution in [0.2, 0.25) is 0 Å². The van der Waals surface area contributed by atoms with Crippen LogP contribution < -0.4 is 0 Å². The summed E-state index contributed by atoms with van der Waals surface area (Å²) in [6.07, 6.45) is 2.95. The van der Waals surface area contributed by atoms with Crippen molar-refractivity contribution in [2.75, 3.05) is 6.61 Å². The third kappa shape index (κ3) is 1.46. The Morgan fingerprint density at radius 2 is 2.14 bits per heavy atom. The van der Waals surface area contributed by atoms with Gasteiger partial charge in [0.25, 0.3) is 0 Å². The molecule has 1 saturated carbocycles. The zero-order valence-electron chi connectivity index (χ0n) is 7.98. The second kappa shape index (κ2) is 3.40. The lowest BCUT2D eigenvalue weighted by Gasteiger charge is -2.50. The molecule has 0 radical (unpaired) electrons. The maximum absolute atomic E-state index is 10.8. The molecule has 1 amide bonds. The first-order valence-electron chi connectivity index (χ1n) is 4.99. The van der Waals surface area contributed by atoms with Gasteiger partial charge in [-0.2, -0.15) is 5.06 Å². The molecule has 0 atom stereocenters. The van der Waals surface area contributed by atoms with Crippen molar-refractivity contribution in [1.82, 2.24) is 5.06 Å². The van der Waals surface area contributed by atoms with Crippen molar-refractivity contribution in [3.05, 3.63) is 0 Å². The Hall–Kier alpha value is -0.810. The fourth-order valence-electron chi connectivity index (χ4n) is 2.43. The third-order valence-electron chi connectivity index (χ3n) is 3.25. The molecule has 0 spiro atoms. The molecule has 3 fully saturated rings. The standard InChI is InChI=1S/C9H15NO4/c11-6-5-9-3-1-7(2-4-9)10(14-9)8(12)13/h7,11H,1-6H2,(H,12,13). The average molecular weight is 201 g/mol. The number of carbonyl (C=O) groups is 1. The predicted octanol–water partition coefficient (Wildman–Crippen LogP) is 0.975. The molecule has 2 bridgehead atoms. The monoisotopic (exact) mass is 201 g/mol. The van der Waals surface area contributed by atoms with Crippen LogP contribution in [0.1, 0.15) is 32.1 Å². The zero-order chi connectivity index (χ0) is 10.2. The Bertz CT molecular complexity index is 229. The fraction of sp³-hybridized carbons (Fsp3) is 0.889. The summed E-state index contributed by atoms with van der Waals surface area (Å²) in [6, 6.07) is 0.0214. The Labute approximate surface area is 82.2 Å². The number of fused-ring (bicyclic) bond motifs is 3. The van der Waals surface area contributed by atoms with Crippen molar-refractivity contribution >= 4 is 6.09 Å². The van der Waals surface area contributed by atoms with E-state index in [0.29, 0.717) is 6.42 Å². The summed E-state index contributed by atoms with van der Waals surface area (Å²) in [6.45, 7) is 0.0537. The maximum atomic E-state index is 10.8. The van der Waals surface area contributed by atoms with E-state index in [0.717, 1.165) is 30.7 Å².